The molecule has 0 bridgehead atoms. The van der Waals surface area contributed by atoms with Gasteiger partial charge in [-0.1, -0.05) is 0 Å². The van der Waals surface area contributed by atoms with E-state index in [1.54, 1.807) is 4.68 Å². The van der Waals surface area contributed by atoms with E-state index >= 15 is 0 Å². The van der Waals surface area contributed by atoms with Crippen molar-refractivity contribution in [3.63, 3.8) is 0 Å². The Labute approximate surface area is 159 Å². The molecule has 1 N–H and O–H groups in total. The highest BCUT2D eigenvalue weighted by Crippen LogP contribution is 2.34. The van der Waals surface area contributed by atoms with Gasteiger partial charge in [0.05, 0.1) is 11.4 Å². The van der Waals surface area contributed by atoms with Crippen molar-refractivity contribution in [1.29, 1.82) is 0 Å². The topological polar surface area (TPSA) is 91.2 Å². The van der Waals surface area contributed by atoms with Crippen molar-refractivity contribution < 1.29 is 14.3 Å². The number of anilines is 1. The van der Waals surface area contributed by atoms with Crippen LogP contribution in [0, 0.1) is 6.92 Å². The second kappa shape index (κ2) is 7.67. The van der Waals surface area contributed by atoms with Crippen LogP contribution in [0.25, 0.3) is 5.69 Å². The van der Waals surface area contributed by atoms with Crippen molar-refractivity contribution in [1.82, 2.24) is 20.2 Å². The molecule has 0 spiro atoms. The molecule has 2 heterocycles. The summed E-state index contributed by atoms with van der Waals surface area (Å²) in [5.74, 6) is 1.69. The summed E-state index contributed by atoms with van der Waals surface area (Å²) < 4.78 is 12.7. The van der Waals surface area contributed by atoms with Crippen LogP contribution in [0.15, 0.2) is 47.6 Å². The number of aromatic nitrogens is 4. The minimum atomic E-state index is -0.0792. The summed E-state index contributed by atoms with van der Waals surface area (Å²) in [4.78, 5) is 13.2. The number of nitrogens with one attached hydrogen (secondary N) is 1. The highest BCUT2D eigenvalue weighted by atomic mass is 32.2. The SMILES string of the molecule is Cc1cc(NC(=O)CSc2ccc3c(c2)OCCO3)ccc1-n1cnnn1. The number of hydrogen-bond acceptors (Lipinski definition) is 7. The minimum Gasteiger partial charge on any atom is -0.486 e. The maximum absolute atomic E-state index is 12.3. The van der Waals surface area contributed by atoms with E-state index in [4.69, 9.17) is 9.47 Å². The number of ether oxygens (including phenoxy) is 2. The number of carbonyl (C=O) groups excluding carboxylic acids is 1. The van der Waals surface area contributed by atoms with Crippen LogP contribution < -0.4 is 14.8 Å². The van der Waals surface area contributed by atoms with Crippen molar-refractivity contribution in [2.24, 2.45) is 0 Å². The van der Waals surface area contributed by atoms with Gasteiger partial charge in [0.1, 0.15) is 19.5 Å². The molecule has 1 aliphatic rings. The fourth-order valence-electron chi connectivity index (χ4n) is 2.72. The first-order valence-corrected chi connectivity index (χ1v) is 9.34. The molecular weight excluding hydrogens is 366 g/mol. The van der Waals surface area contributed by atoms with E-state index < -0.39 is 0 Å². The Morgan fingerprint density at radius 1 is 1.19 bits per heavy atom. The number of fused-ring (bicyclic) bond motifs is 1. The Kier molecular flexibility index (Phi) is 4.93. The third-order valence-corrected chi connectivity index (χ3v) is 4.95. The predicted molar refractivity (Wildman–Crippen MR) is 101 cm³/mol. The summed E-state index contributed by atoms with van der Waals surface area (Å²) in [5.41, 5.74) is 2.56. The Hall–Kier alpha value is -3.07. The number of carbonyl (C=O) groups is 1. The monoisotopic (exact) mass is 383 g/mol. The minimum absolute atomic E-state index is 0.0792. The second-order valence-corrected chi connectivity index (χ2v) is 6.95. The molecule has 8 nitrogen and oxygen atoms in total. The van der Waals surface area contributed by atoms with Gasteiger partial charge in [0.25, 0.3) is 0 Å². The van der Waals surface area contributed by atoms with Gasteiger partial charge < -0.3 is 14.8 Å². The average Bonchev–Trinajstić information content (AvgIpc) is 3.21. The Bertz CT molecular complexity index is 962. The second-order valence-electron chi connectivity index (χ2n) is 5.90. The van der Waals surface area contributed by atoms with Crippen LogP contribution in [0.1, 0.15) is 5.56 Å². The van der Waals surface area contributed by atoms with Crippen LogP contribution in [0.2, 0.25) is 0 Å². The number of thioether (sulfide) groups is 1. The predicted octanol–water partition coefficient (Wildman–Crippen LogP) is 2.47. The van der Waals surface area contributed by atoms with Crippen molar-refractivity contribution in [3.05, 3.63) is 48.3 Å². The van der Waals surface area contributed by atoms with Gasteiger partial charge in [-0.15, -0.1) is 16.9 Å². The zero-order chi connectivity index (χ0) is 18.6. The van der Waals surface area contributed by atoms with Crippen LogP contribution >= 0.6 is 11.8 Å². The normalized spacial score (nSPS) is 12.6. The number of aryl methyl sites for hydroxylation is 1. The highest BCUT2D eigenvalue weighted by Gasteiger charge is 2.13. The number of hydrogen-bond donors (Lipinski definition) is 1. The van der Waals surface area contributed by atoms with Gasteiger partial charge in [-0.3, -0.25) is 4.79 Å². The fraction of sp³-hybridized carbons (Fsp3) is 0.222. The molecule has 1 aliphatic heterocycles. The average molecular weight is 383 g/mol. The van der Waals surface area contributed by atoms with E-state index in [0.717, 1.165) is 33.3 Å². The van der Waals surface area contributed by atoms with E-state index in [2.05, 4.69) is 20.8 Å². The Morgan fingerprint density at radius 2 is 2.04 bits per heavy atom. The van der Waals surface area contributed by atoms with Crippen LogP contribution in [0.3, 0.4) is 0 Å². The van der Waals surface area contributed by atoms with E-state index in [1.807, 2.05) is 43.3 Å². The number of amides is 1. The third kappa shape index (κ3) is 4.03. The number of benzene rings is 2. The first kappa shape index (κ1) is 17.3. The van der Waals surface area contributed by atoms with Crippen molar-refractivity contribution >= 4 is 23.4 Å². The molecule has 1 amide bonds. The molecule has 27 heavy (non-hydrogen) atoms. The largest absolute Gasteiger partial charge is 0.486 e. The fourth-order valence-corrected chi connectivity index (χ4v) is 3.45. The molecule has 0 saturated heterocycles. The molecule has 0 fully saturated rings. The maximum atomic E-state index is 12.3. The molecule has 9 heteroatoms. The smallest absolute Gasteiger partial charge is 0.234 e. The Morgan fingerprint density at radius 3 is 2.81 bits per heavy atom. The lowest BCUT2D eigenvalue weighted by atomic mass is 10.2. The quantitative estimate of drug-likeness (QED) is 0.677. The number of rotatable bonds is 5. The zero-order valence-corrected chi connectivity index (χ0v) is 15.4. The molecule has 0 atom stereocenters. The van der Waals surface area contributed by atoms with E-state index in [1.165, 1.54) is 18.1 Å². The Balaban J connectivity index is 1.36. The standard InChI is InChI=1S/C18H17N5O3S/c1-12-8-13(2-4-15(12)23-11-19-21-22-23)20-18(24)10-27-14-3-5-16-17(9-14)26-7-6-25-16/h2-5,8-9,11H,6-7,10H2,1H3,(H,20,24). The summed E-state index contributed by atoms with van der Waals surface area (Å²) >= 11 is 1.45. The molecule has 0 saturated carbocycles. The van der Waals surface area contributed by atoms with Crippen molar-refractivity contribution in [2.75, 3.05) is 24.3 Å². The molecule has 0 unspecified atom stereocenters. The lowest BCUT2D eigenvalue weighted by molar-refractivity contribution is -0.113. The number of tetrazole rings is 1. The van der Waals surface area contributed by atoms with E-state index in [9.17, 15) is 4.79 Å². The van der Waals surface area contributed by atoms with Gasteiger partial charge in [-0.05, 0) is 59.3 Å². The van der Waals surface area contributed by atoms with Crippen molar-refractivity contribution in [3.8, 4) is 17.2 Å². The van der Waals surface area contributed by atoms with Gasteiger partial charge in [0.2, 0.25) is 5.91 Å². The van der Waals surface area contributed by atoms with Gasteiger partial charge in [-0.2, -0.15) is 0 Å². The first-order chi connectivity index (χ1) is 13.2. The van der Waals surface area contributed by atoms with Crippen LogP contribution in [-0.2, 0) is 4.79 Å². The van der Waals surface area contributed by atoms with E-state index in [-0.39, 0.29) is 5.91 Å². The number of nitrogens with zero attached hydrogens (tertiary/aromatic N) is 4. The summed E-state index contributed by atoms with van der Waals surface area (Å²) in [7, 11) is 0. The lowest BCUT2D eigenvalue weighted by Gasteiger charge is -2.18. The lowest BCUT2D eigenvalue weighted by Crippen LogP contribution is -2.15. The molecular formula is C18H17N5O3S. The van der Waals surface area contributed by atoms with Gasteiger partial charge >= 0.3 is 0 Å². The van der Waals surface area contributed by atoms with Crippen LogP contribution in [0.4, 0.5) is 5.69 Å². The molecule has 2 aromatic carbocycles. The molecule has 138 valence electrons. The third-order valence-electron chi connectivity index (χ3n) is 3.96. The van der Waals surface area contributed by atoms with Crippen molar-refractivity contribution in [2.45, 2.75) is 11.8 Å². The molecule has 0 aliphatic carbocycles. The maximum Gasteiger partial charge on any atom is 0.234 e. The summed E-state index contributed by atoms with van der Waals surface area (Å²) in [6.07, 6.45) is 1.53. The molecule has 1 aromatic heterocycles. The van der Waals surface area contributed by atoms with Gasteiger partial charge in [0, 0.05) is 10.6 Å². The molecule has 4 rings (SSSR count). The first-order valence-electron chi connectivity index (χ1n) is 8.35. The highest BCUT2D eigenvalue weighted by molar-refractivity contribution is 8.00. The zero-order valence-electron chi connectivity index (χ0n) is 14.6. The van der Waals surface area contributed by atoms with Gasteiger partial charge in [0.15, 0.2) is 11.5 Å². The van der Waals surface area contributed by atoms with Crippen LogP contribution in [0.5, 0.6) is 11.5 Å². The molecule has 0 radical (unpaired) electrons. The van der Waals surface area contributed by atoms with Gasteiger partial charge in [-0.25, -0.2) is 4.68 Å². The summed E-state index contributed by atoms with van der Waals surface area (Å²) in [5, 5.41) is 14.1. The van der Waals surface area contributed by atoms with Crippen LogP contribution in [-0.4, -0.2) is 45.1 Å². The van der Waals surface area contributed by atoms with E-state index in [0.29, 0.717) is 19.0 Å². The molecule has 3 aromatic rings. The summed E-state index contributed by atoms with van der Waals surface area (Å²) in [6.45, 7) is 3.05. The summed E-state index contributed by atoms with van der Waals surface area (Å²) in [6, 6.07) is 11.3.